The maximum Gasteiger partial charge on any atom is 0.264 e. The minimum Gasteiger partial charge on any atom is -0.508 e. The van der Waals surface area contributed by atoms with E-state index < -0.39 is 29.7 Å². The van der Waals surface area contributed by atoms with Crippen LogP contribution in [-0.2, 0) is 23.8 Å². The number of imide groups is 2. The molecule has 0 aliphatic carbocycles. The quantitative estimate of drug-likeness (QED) is 0.0631. The van der Waals surface area contributed by atoms with E-state index in [0.29, 0.717) is 70.0 Å². The smallest absolute Gasteiger partial charge is 0.264 e. The van der Waals surface area contributed by atoms with Crippen molar-refractivity contribution in [1.29, 1.82) is 0 Å². The van der Waals surface area contributed by atoms with Gasteiger partial charge in [0.15, 0.2) is 5.75 Å². The molecule has 4 amide bonds. The second kappa shape index (κ2) is 18.1. The number of phenolic OH excluding ortho intramolecular Hbond substituents is 1. The fraction of sp³-hybridized carbons (Fsp3) is 0.268. The summed E-state index contributed by atoms with van der Waals surface area (Å²) in [5, 5.41) is 16.3. The Hall–Kier alpha value is -5.32. The van der Waals surface area contributed by atoms with Gasteiger partial charge in [-0.15, -0.1) is 11.3 Å². The molecular formula is C41H38BrN3O10S. The van der Waals surface area contributed by atoms with Crippen LogP contribution in [0, 0.1) is 0 Å². The number of fused-ring (bicyclic) bond motifs is 2. The van der Waals surface area contributed by atoms with Crippen LogP contribution in [0.4, 0.5) is 5.69 Å². The summed E-state index contributed by atoms with van der Waals surface area (Å²) in [5.41, 5.74) is 1.91. The van der Waals surface area contributed by atoms with Crippen LogP contribution in [0.15, 0.2) is 89.4 Å². The number of halogens is 1. The maximum absolute atomic E-state index is 13.2. The summed E-state index contributed by atoms with van der Waals surface area (Å²) >= 11 is 5.06. The van der Waals surface area contributed by atoms with Gasteiger partial charge in [-0.05, 0) is 78.7 Å². The molecule has 4 aromatic carbocycles. The number of nitrogens with one attached hydrogen (secondary N) is 2. The van der Waals surface area contributed by atoms with Gasteiger partial charge < -0.3 is 34.1 Å². The number of piperidine rings is 1. The average molecular weight is 845 g/mol. The van der Waals surface area contributed by atoms with E-state index in [-0.39, 0.29) is 29.7 Å². The standard InChI is InChI=1S/C41H38BrN3O10S/c42-26-6-4-25(5-7-26)38-37(30-13-8-27(46)24-34(30)56-38)55-29-11-9-28(10-12-29)54-23-22-53-21-20-52-19-18-51-17-16-43-32-3-1-2-31-36(32)41(50)45(40(31)49)33-14-15-35(47)44-39(33)48/h1-13,24,33,43,46H,14-23H2,(H,44,47,48). The Morgan fingerprint density at radius 2 is 1.50 bits per heavy atom. The Kier molecular flexibility index (Phi) is 12.6. The average Bonchev–Trinajstić information content (AvgIpc) is 3.67. The first-order chi connectivity index (χ1) is 27.3. The van der Waals surface area contributed by atoms with Crippen molar-refractivity contribution in [2.45, 2.75) is 18.9 Å². The van der Waals surface area contributed by atoms with Crippen LogP contribution in [0.1, 0.15) is 33.6 Å². The van der Waals surface area contributed by atoms with E-state index in [9.17, 15) is 24.3 Å². The molecule has 0 bridgehead atoms. The van der Waals surface area contributed by atoms with Crippen LogP contribution in [0.5, 0.6) is 23.0 Å². The molecule has 0 radical (unpaired) electrons. The third kappa shape index (κ3) is 9.03. The number of rotatable bonds is 18. The molecule has 7 rings (SSSR count). The van der Waals surface area contributed by atoms with Crippen molar-refractivity contribution in [1.82, 2.24) is 10.2 Å². The van der Waals surface area contributed by atoms with Gasteiger partial charge in [-0.25, -0.2) is 0 Å². The molecule has 2 aliphatic rings. The Balaban J connectivity index is 0.763. The summed E-state index contributed by atoms with van der Waals surface area (Å²) in [5.74, 6) is 0.0946. The van der Waals surface area contributed by atoms with E-state index in [2.05, 4.69) is 26.6 Å². The summed E-state index contributed by atoms with van der Waals surface area (Å²) in [6.07, 6.45) is 0.161. The number of hydrogen-bond acceptors (Lipinski definition) is 12. The van der Waals surface area contributed by atoms with Gasteiger partial charge in [0.1, 0.15) is 29.9 Å². The van der Waals surface area contributed by atoms with Gasteiger partial charge in [0.05, 0.1) is 55.6 Å². The molecule has 1 aromatic heterocycles. The molecule has 290 valence electrons. The Morgan fingerprint density at radius 3 is 2.23 bits per heavy atom. The van der Waals surface area contributed by atoms with E-state index in [0.717, 1.165) is 35.6 Å². The van der Waals surface area contributed by atoms with Gasteiger partial charge in [0.2, 0.25) is 11.8 Å². The van der Waals surface area contributed by atoms with Crippen LogP contribution in [0.2, 0.25) is 0 Å². The molecule has 56 heavy (non-hydrogen) atoms. The van der Waals surface area contributed by atoms with Crippen molar-refractivity contribution < 1.29 is 48.0 Å². The van der Waals surface area contributed by atoms with E-state index >= 15 is 0 Å². The molecular weight excluding hydrogens is 806 g/mol. The minimum atomic E-state index is -1.02. The lowest BCUT2D eigenvalue weighted by Crippen LogP contribution is -2.54. The second-order valence-corrected chi connectivity index (χ2v) is 14.8. The zero-order valence-electron chi connectivity index (χ0n) is 30.1. The number of carbonyl (C=O) groups is 4. The molecule has 3 heterocycles. The van der Waals surface area contributed by atoms with Crippen molar-refractivity contribution in [3.63, 3.8) is 0 Å². The molecule has 2 aliphatic heterocycles. The number of ether oxygens (including phenoxy) is 5. The fourth-order valence-electron chi connectivity index (χ4n) is 6.36. The van der Waals surface area contributed by atoms with E-state index in [1.54, 1.807) is 41.7 Å². The largest absolute Gasteiger partial charge is 0.508 e. The van der Waals surface area contributed by atoms with Gasteiger partial charge in [0, 0.05) is 33.2 Å². The summed E-state index contributed by atoms with van der Waals surface area (Å²) in [6, 6.07) is 24.6. The Bertz CT molecular complexity index is 2230. The lowest BCUT2D eigenvalue weighted by Gasteiger charge is -2.27. The van der Waals surface area contributed by atoms with Crippen molar-refractivity contribution in [3.05, 3.63) is 101 Å². The molecule has 5 aromatic rings. The first kappa shape index (κ1) is 38.9. The number of anilines is 1. The normalized spacial score (nSPS) is 15.3. The molecule has 1 atom stereocenters. The predicted octanol–water partition coefficient (Wildman–Crippen LogP) is 6.77. The first-order valence-corrected chi connectivity index (χ1v) is 19.6. The minimum absolute atomic E-state index is 0.0615. The molecule has 1 fully saturated rings. The number of aromatic hydroxyl groups is 1. The topological polar surface area (TPSA) is 162 Å². The highest BCUT2D eigenvalue weighted by Crippen LogP contribution is 2.47. The molecule has 3 N–H and O–H groups in total. The first-order valence-electron chi connectivity index (χ1n) is 18.0. The number of phenols is 1. The highest BCUT2D eigenvalue weighted by Gasteiger charge is 2.45. The number of nitrogens with zero attached hydrogens (tertiary/aromatic N) is 1. The number of hydrogen-bond donors (Lipinski definition) is 3. The Morgan fingerprint density at radius 1 is 0.804 bits per heavy atom. The molecule has 0 saturated carbocycles. The highest BCUT2D eigenvalue weighted by molar-refractivity contribution is 9.10. The lowest BCUT2D eigenvalue weighted by molar-refractivity contribution is -0.136. The van der Waals surface area contributed by atoms with Crippen LogP contribution in [-0.4, -0.2) is 92.5 Å². The van der Waals surface area contributed by atoms with Crippen LogP contribution < -0.4 is 20.1 Å². The van der Waals surface area contributed by atoms with E-state index in [1.807, 2.05) is 54.6 Å². The van der Waals surface area contributed by atoms with Crippen LogP contribution in [0.3, 0.4) is 0 Å². The zero-order valence-corrected chi connectivity index (χ0v) is 32.5. The Labute approximate surface area is 334 Å². The van der Waals surface area contributed by atoms with Crippen LogP contribution >= 0.6 is 27.3 Å². The summed E-state index contributed by atoms with van der Waals surface area (Å²) in [6.45, 7) is 2.97. The number of amides is 4. The van der Waals surface area contributed by atoms with E-state index in [1.165, 1.54) is 0 Å². The van der Waals surface area contributed by atoms with Gasteiger partial charge in [0.25, 0.3) is 11.8 Å². The van der Waals surface area contributed by atoms with Gasteiger partial charge >= 0.3 is 0 Å². The summed E-state index contributed by atoms with van der Waals surface area (Å²) < 4.78 is 31.0. The number of carbonyl (C=O) groups excluding carboxylic acids is 4. The van der Waals surface area contributed by atoms with Crippen molar-refractivity contribution >= 4 is 66.7 Å². The fourth-order valence-corrected chi connectivity index (χ4v) is 7.79. The zero-order chi connectivity index (χ0) is 39.0. The predicted molar refractivity (Wildman–Crippen MR) is 213 cm³/mol. The van der Waals surface area contributed by atoms with Crippen molar-refractivity contribution in [2.24, 2.45) is 0 Å². The second-order valence-electron chi connectivity index (χ2n) is 12.8. The van der Waals surface area contributed by atoms with Crippen molar-refractivity contribution in [2.75, 3.05) is 58.1 Å². The third-order valence-electron chi connectivity index (χ3n) is 9.05. The summed E-state index contributed by atoms with van der Waals surface area (Å²) in [7, 11) is 0. The SMILES string of the molecule is O=C1CCC(N2C(=O)c3cccc(NCCOCCOCCOCCOc4ccc(Oc5c(-c6ccc(Br)cc6)sc6cc(O)ccc56)cc4)c3C2=O)C(=O)N1. The highest BCUT2D eigenvalue weighted by atomic mass is 79.9. The number of thiophene rings is 1. The van der Waals surface area contributed by atoms with Gasteiger partial charge in [-0.3, -0.25) is 29.4 Å². The molecule has 15 heteroatoms. The molecule has 1 unspecified atom stereocenters. The maximum atomic E-state index is 13.2. The molecule has 0 spiro atoms. The molecule has 13 nitrogen and oxygen atoms in total. The van der Waals surface area contributed by atoms with E-state index in [4.69, 9.17) is 23.7 Å². The monoisotopic (exact) mass is 843 g/mol. The number of benzene rings is 4. The summed E-state index contributed by atoms with van der Waals surface area (Å²) in [4.78, 5) is 52.0. The van der Waals surface area contributed by atoms with Crippen LogP contribution in [0.25, 0.3) is 20.5 Å². The third-order valence-corrected chi connectivity index (χ3v) is 10.8. The van der Waals surface area contributed by atoms with Crippen molar-refractivity contribution in [3.8, 4) is 33.4 Å². The lowest BCUT2D eigenvalue weighted by atomic mass is 10.0. The molecule has 1 saturated heterocycles. The van der Waals surface area contributed by atoms with Gasteiger partial charge in [-0.1, -0.05) is 34.1 Å². The van der Waals surface area contributed by atoms with Gasteiger partial charge in [-0.2, -0.15) is 0 Å².